The van der Waals surface area contributed by atoms with E-state index in [4.69, 9.17) is 4.74 Å². The van der Waals surface area contributed by atoms with Crippen LogP contribution in [0.15, 0.2) is 61.1 Å². The molecule has 3 aromatic heterocycles. The average Bonchev–Trinajstić information content (AvgIpc) is 3.72. The molecule has 0 radical (unpaired) electrons. The van der Waals surface area contributed by atoms with Gasteiger partial charge in [0.2, 0.25) is 0 Å². The standard InChI is InChI=1S/C32H35F3N8O6/c1-40-18-22(14-25(40)29(45)36-8-9-43-10-12-48-13-11-43)38-31(47)27-16-23(19-42(27)3)39-30(46)26-15-21(17-41(26)2)37-28(44)20-4-6-24(7-5-20)49-32(33,34)35/h4-7,14-19H,8-13H2,1-3H3,(H,36,45)(H,37,44)(H,38,47)(H,39,46). The molecule has 0 saturated carbocycles. The van der Waals surface area contributed by atoms with Crippen LogP contribution in [-0.2, 0) is 25.9 Å². The lowest BCUT2D eigenvalue weighted by Gasteiger charge is -2.26. The molecule has 1 aromatic carbocycles. The zero-order valence-electron chi connectivity index (χ0n) is 26.9. The first-order valence-electron chi connectivity index (χ1n) is 15.1. The fourth-order valence-electron chi connectivity index (χ4n) is 5.22. The zero-order valence-corrected chi connectivity index (χ0v) is 26.9. The van der Waals surface area contributed by atoms with Crippen molar-refractivity contribution in [3.05, 3.63) is 83.7 Å². The van der Waals surface area contributed by atoms with Crippen molar-refractivity contribution in [2.24, 2.45) is 21.1 Å². The highest BCUT2D eigenvalue weighted by Crippen LogP contribution is 2.24. The van der Waals surface area contributed by atoms with Gasteiger partial charge >= 0.3 is 6.36 Å². The molecule has 0 unspecified atom stereocenters. The number of carbonyl (C=O) groups excluding carboxylic acids is 4. The first kappa shape index (κ1) is 34.8. The van der Waals surface area contributed by atoms with Gasteiger partial charge in [-0.1, -0.05) is 0 Å². The molecule has 1 aliphatic rings. The highest BCUT2D eigenvalue weighted by atomic mass is 19.4. The first-order valence-corrected chi connectivity index (χ1v) is 15.1. The average molecular weight is 685 g/mol. The van der Waals surface area contributed by atoms with Crippen LogP contribution in [0.3, 0.4) is 0 Å². The van der Waals surface area contributed by atoms with Crippen LogP contribution in [0.25, 0.3) is 0 Å². The number of aryl methyl sites for hydroxylation is 3. The van der Waals surface area contributed by atoms with Crippen LogP contribution >= 0.6 is 0 Å². The molecule has 5 rings (SSSR count). The number of nitrogens with one attached hydrogen (secondary N) is 4. The fraction of sp³-hybridized carbons (Fsp3) is 0.312. The predicted molar refractivity (Wildman–Crippen MR) is 173 cm³/mol. The molecule has 1 fully saturated rings. The SMILES string of the molecule is Cn1cc(NC(=O)c2cc(NC(=O)c3cc(NC(=O)c4ccc(OC(F)(F)F)cc4)cn3C)cn2C)cc1C(=O)NCCN1CCOCC1. The molecule has 0 aliphatic carbocycles. The van der Waals surface area contributed by atoms with Crippen LogP contribution in [-0.4, -0.2) is 88.0 Å². The van der Waals surface area contributed by atoms with Gasteiger partial charge in [-0.05, 0) is 42.5 Å². The predicted octanol–water partition coefficient (Wildman–Crippen LogP) is 3.42. The number of alkyl halides is 3. The lowest BCUT2D eigenvalue weighted by atomic mass is 10.2. The van der Waals surface area contributed by atoms with E-state index >= 15 is 0 Å². The molecule has 14 nitrogen and oxygen atoms in total. The Hall–Kier alpha value is -5.55. The van der Waals surface area contributed by atoms with Crippen LogP contribution in [0, 0.1) is 0 Å². The minimum absolute atomic E-state index is 0.0777. The van der Waals surface area contributed by atoms with Gasteiger partial charge in [0.15, 0.2) is 0 Å². The maximum Gasteiger partial charge on any atom is 0.573 e. The fourth-order valence-corrected chi connectivity index (χ4v) is 5.22. The maximum absolute atomic E-state index is 13.1. The number of nitrogens with zero attached hydrogens (tertiary/aromatic N) is 4. The van der Waals surface area contributed by atoms with Gasteiger partial charge in [-0.3, -0.25) is 24.1 Å². The number of rotatable bonds is 11. The molecule has 4 aromatic rings. The Labute approximate surface area is 278 Å². The van der Waals surface area contributed by atoms with Crippen LogP contribution in [0.4, 0.5) is 30.2 Å². The summed E-state index contributed by atoms with van der Waals surface area (Å²) in [5, 5.41) is 11.0. The summed E-state index contributed by atoms with van der Waals surface area (Å²) in [6, 6.07) is 8.90. The summed E-state index contributed by atoms with van der Waals surface area (Å²) in [4.78, 5) is 53.8. The van der Waals surface area contributed by atoms with Crippen LogP contribution < -0.4 is 26.0 Å². The smallest absolute Gasteiger partial charge is 0.406 e. The monoisotopic (exact) mass is 684 g/mol. The molecule has 4 N–H and O–H groups in total. The van der Waals surface area contributed by atoms with E-state index in [0.717, 1.165) is 25.2 Å². The molecule has 4 amide bonds. The molecule has 1 aliphatic heterocycles. The minimum atomic E-state index is -4.85. The van der Waals surface area contributed by atoms with E-state index < -0.39 is 29.8 Å². The topological polar surface area (TPSA) is 153 Å². The third-order valence-electron chi connectivity index (χ3n) is 7.65. The quantitative estimate of drug-likeness (QED) is 0.189. The number of amides is 4. The summed E-state index contributed by atoms with van der Waals surface area (Å²) in [6.07, 6.45) is -0.169. The van der Waals surface area contributed by atoms with Gasteiger partial charge < -0.3 is 44.4 Å². The van der Waals surface area contributed by atoms with Crippen molar-refractivity contribution in [1.82, 2.24) is 23.9 Å². The molecule has 1 saturated heterocycles. The summed E-state index contributed by atoms with van der Waals surface area (Å²) >= 11 is 0. The molecule has 0 atom stereocenters. The number of anilines is 3. The van der Waals surface area contributed by atoms with E-state index in [1.165, 1.54) is 39.6 Å². The van der Waals surface area contributed by atoms with Gasteiger partial charge in [-0.25, -0.2) is 0 Å². The molecular weight excluding hydrogens is 649 g/mol. The second kappa shape index (κ2) is 14.7. The van der Waals surface area contributed by atoms with E-state index in [-0.39, 0.29) is 28.5 Å². The molecule has 49 heavy (non-hydrogen) atoms. The van der Waals surface area contributed by atoms with Crippen LogP contribution in [0.2, 0.25) is 0 Å². The highest BCUT2D eigenvalue weighted by Gasteiger charge is 2.31. The number of aromatic nitrogens is 3. The van der Waals surface area contributed by atoms with Crippen LogP contribution in [0.5, 0.6) is 5.75 Å². The normalized spacial score (nSPS) is 13.5. The Bertz CT molecular complexity index is 1840. The number of morpholine rings is 1. The minimum Gasteiger partial charge on any atom is -0.406 e. The van der Waals surface area contributed by atoms with Crippen LogP contribution in [0.1, 0.15) is 41.8 Å². The molecule has 4 heterocycles. The van der Waals surface area contributed by atoms with E-state index in [1.54, 1.807) is 44.2 Å². The Morgan fingerprint density at radius 1 is 0.714 bits per heavy atom. The zero-order chi connectivity index (χ0) is 35.3. The van der Waals surface area contributed by atoms with Crippen molar-refractivity contribution in [2.45, 2.75) is 6.36 Å². The number of carbonyl (C=O) groups is 4. The van der Waals surface area contributed by atoms with Gasteiger partial charge in [0.25, 0.3) is 23.6 Å². The second-order valence-electron chi connectivity index (χ2n) is 11.3. The van der Waals surface area contributed by atoms with Gasteiger partial charge in [0.05, 0.1) is 30.3 Å². The van der Waals surface area contributed by atoms with Crippen molar-refractivity contribution >= 4 is 40.7 Å². The number of hydrogen-bond acceptors (Lipinski definition) is 7. The Balaban J connectivity index is 1.15. The summed E-state index contributed by atoms with van der Waals surface area (Å²) in [5.74, 6) is -2.33. The van der Waals surface area contributed by atoms with E-state index in [1.807, 2.05) is 0 Å². The Morgan fingerprint density at radius 3 is 1.63 bits per heavy atom. The summed E-state index contributed by atoms with van der Waals surface area (Å²) in [6.45, 7) is 4.19. The summed E-state index contributed by atoms with van der Waals surface area (Å²) < 4.78 is 51.0. The van der Waals surface area contributed by atoms with Crippen molar-refractivity contribution in [2.75, 3.05) is 55.3 Å². The van der Waals surface area contributed by atoms with Gasteiger partial charge in [-0.15, -0.1) is 13.2 Å². The molecule has 0 spiro atoms. The Kier molecular flexibility index (Phi) is 10.4. The first-order chi connectivity index (χ1) is 23.3. The number of benzene rings is 1. The van der Waals surface area contributed by atoms with Crippen molar-refractivity contribution < 1.29 is 41.8 Å². The van der Waals surface area contributed by atoms with Gasteiger partial charge in [-0.2, -0.15) is 0 Å². The van der Waals surface area contributed by atoms with Crippen molar-refractivity contribution in [1.29, 1.82) is 0 Å². The number of ether oxygens (including phenoxy) is 2. The maximum atomic E-state index is 13.1. The van der Waals surface area contributed by atoms with E-state index in [2.05, 4.69) is 30.9 Å². The molecule has 17 heteroatoms. The number of hydrogen-bond donors (Lipinski definition) is 4. The molecular formula is C32H35F3N8O6. The third kappa shape index (κ3) is 9.08. The van der Waals surface area contributed by atoms with Gasteiger partial charge in [0.1, 0.15) is 22.8 Å². The van der Waals surface area contributed by atoms with E-state index in [9.17, 15) is 32.3 Å². The summed E-state index contributed by atoms with van der Waals surface area (Å²) in [5.41, 5.74) is 1.90. The second-order valence-corrected chi connectivity index (χ2v) is 11.3. The molecule has 0 bridgehead atoms. The van der Waals surface area contributed by atoms with E-state index in [0.29, 0.717) is 43.4 Å². The lowest BCUT2D eigenvalue weighted by Crippen LogP contribution is -2.41. The largest absolute Gasteiger partial charge is 0.573 e. The summed E-state index contributed by atoms with van der Waals surface area (Å²) in [7, 11) is 4.94. The Morgan fingerprint density at radius 2 is 1.16 bits per heavy atom. The van der Waals surface area contributed by atoms with Gasteiger partial charge in [0, 0.05) is 71.5 Å². The number of halogens is 3. The van der Waals surface area contributed by atoms with Crippen molar-refractivity contribution in [3.8, 4) is 5.75 Å². The highest BCUT2D eigenvalue weighted by molar-refractivity contribution is 6.08. The lowest BCUT2D eigenvalue weighted by molar-refractivity contribution is -0.274. The van der Waals surface area contributed by atoms with Crippen molar-refractivity contribution in [3.63, 3.8) is 0 Å². The third-order valence-corrected chi connectivity index (χ3v) is 7.65. The molecule has 260 valence electrons.